The van der Waals surface area contributed by atoms with Crippen LogP contribution >= 0.6 is 0 Å². The van der Waals surface area contributed by atoms with Crippen molar-refractivity contribution in [2.24, 2.45) is 0 Å². The first-order chi connectivity index (χ1) is 14.7. The lowest BCUT2D eigenvalue weighted by molar-refractivity contribution is 0.611. The van der Waals surface area contributed by atoms with Crippen molar-refractivity contribution in [1.82, 2.24) is 0 Å². The van der Waals surface area contributed by atoms with Gasteiger partial charge in [-0.1, -0.05) is 123 Å². The van der Waals surface area contributed by atoms with Crippen LogP contribution in [0.3, 0.4) is 0 Å². The number of rotatable bonds is 19. The lowest BCUT2D eigenvalue weighted by Crippen LogP contribution is -1.77. The third-order valence-corrected chi connectivity index (χ3v) is 5.11. The van der Waals surface area contributed by atoms with Crippen LogP contribution in [-0.4, -0.2) is 0 Å². The highest BCUT2D eigenvalue weighted by Gasteiger charge is 1.88. The molecule has 0 fully saturated rings. The van der Waals surface area contributed by atoms with Crippen molar-refractivity contribution in [3.8, 4) is 24.7 Å². The second-order valence-electron chi connectivity index (χ2n) is 8.29. The lowest BCUT2D eigenvalue weighted by atomic mass is 10.1. The molecular weight excluding hydrogens is 360 g/mol. The predicted octanol–water partition coefficient (Wildman–Crippen LogP) is 10.7. The Bertz CT molecular complexity index is 325. The molecule has 0 saturated heterocycles. The minimum absolute atomic E-state index is 0.964. The Balaban J connectivity index is -0.000000364. The Labute approximate surface area is 193 Å². The maximum Gasteiger partial charge on any atom is 0.00860 e. The summed E-state index contributed by atoms with van der Waals surface area (Å²) in [6.07, 6.45) is 39.8. The van der Waals surface area contributed by atoms with E-state index in [1.807, 2.05) is 6.08 Å². The average molecular weight is 417 g/mol. The fourth-order valence-electron chi connectivity index (χ4n) is 3.08. The van der Waals surface area contributed by atoms with Crippen LogP contribution in [-0.2, 0) is 0 Å². The van der Waals surface area contributed by atoms with Crippen LogP contribution in [0.1, 0.15) is 156 Å². The standard InChI is InChI=1S/C10H20.2C10H18/c3*1-3-5-7-9-10-8-6-4-2/h3H,1,4-10H2,2H3;2*1H,4-10H2,2H3. The van der Waals surface area contributed by atoms with E-state index >= 15 is 0 Å². The summed E-state index contributed by atoms with van der Waals surface area (Å²) in [5, 5.41) is 0. The van der Waals surface area contributed by atoms with E-state index in [-0.39, 0.29) is 0 Å². The topological polar surface area (TPSA) is 0 Å². The van der Waals surface area contributed by atoms with Gasteiger partial charge in [0.25, 0.3) is 0 Å². The molecule has 0 atom stereocenters. The second-order valence-corrected chi connectivity index (χ2v) is 8.29. The second kappa shape index (κ2) is 38.5. The first kappa shape index (κ1) is 33.5. The van der Waals surface area contributed by atoms with Crippen molar-refractivity contribution in [3.05, 3.63) is 12.7 Å². The highest BCUT2D eigenvalue weighted by molar-refractivity contribution is 4.83. The van der Waals surface area contributed by atoms with E-state index < -0.39 is 0 Å². The first-order valence-corrected chi connectivity index (χ1v) is 13.2. The van der Waals surface area contributed by atoms with E-state index in [1.54, 1.807) is 0 Å². The normalized spacial score (nSPS) is 9.37. The molecular formula is C30H56. The van der Waals surface area contributed by atoms with Gasteiger partial charge in [-0.25, -0.2) is 0 Å². The maximum atomic E-state index is 5.12. The van der Waals surface area contributed by atoms with Gasteiger partial charge in [-0.05, 0) is 25.7 Å². The molecule has 0 heterocycles. The van der Waals surface area contributed by atoms with Crippen molar-refractivity contribution >= 4 is 0 Å². The minimum Gasteiger partial charge on any atom is -0.120 e. The van der Waals surface area contributed by atoms with Gasteiger partial charge >= 0.3 is 0 Å². The zero-order valence-electron chi connectivity index (χ0n) is 21.3. The molecule has 0 amide bonds. The van der Waals surface area contributed by atoms with Crippen LogP contribution < -0.4 is 0 Å². The molecule has 0 unspecified atom stereocenters. The summed E-state index contributed by atoms with van der Waals surface area (Å²) >= 11 is 0. The molecule has 0 aliphatic heterocycles. The average Bonchev–Trinajstić information content (AvgIpc) is 2.77. The molecule has 30 heavy (non-hydrogen) atoms. The quantitative estimate of drug-likeness (QED) is 0.111. The molecule has 176 valence electrons. The van der Waals surface area contributed by atoms with Gasteiger partial charge < -0.3 is 0 Å². The molecule has 0 spiro atoms. The van der Waals surface area contributed by atoms with E-state index in [2.05, 4.69) is 39.2 Å². The highest BCUT2D eigenvalue weighted by Crippen LogP contribution is 2.07. The Hall–Kier alpha value is -1.14. The summed E-state index contributed by atoms with van der Waals surface area (Å²) in [4.78, 5) is 0. The summed E-state index contributed by atoms with van der Waals surface area (Å²) in [5.74, 6) is 5.32. The van der Waals surface area contributed by atoms with Crippen LogP contribution in [0.15, 0.2) is 12.7 Å². The third-order valence-electron chi connectivity index (χ3n) is 5.11. The van der Waals surface area contributed by atoms with Crippen LogP contribution in [0, 0.1) is 24.7 Å². The number of unbranched alkanes of at least 4 members (excludes halogenated alkanes) is 18. The first-order valence-electron chi connectivity index (χ1n) is 13.2. The summed E-state index contributed by atoms with van der Waals surface area (Å²) in [7, 11) is 0. The summed E-state index contributed by atoms with van der Waals surface area (Å²) < 4.78 is 0. The summed E-state index contributed by atoms with van der Waals surface area (Å²) in [5.41, 5.74) is 0. The van der Waals surface area contributed by atoms with Gasteiger partial charge in [0, 0.05) is 12.8 Å². The van der Waals surface area contributed by atoms with E-state index in [0.717, 1.165) is 12.8 Å². The van der Waals surface area contributed by atoms with Crippen molar-refractivity contribution in [1.29, 1.82) is 0 Å². The summed E-state index contributed by atoms with van der Waals surface area (Å²) in [6, 6.07) is 0. The molecule has 0 aliphatic rings. The van der Waals surface area contributed by atoms with E-state index in [9.17, 15) is 0 Å². The summed E-state index contributed by atoms with van der Waals surface area (Å²) in [6.45, 7) is 10.4. The molecule has 0 saturated carbocycles. The zero-order chi connectivity index (χ0) is 23.0. The van der Waals surface area contributed by atoms with Crippen molar-refractivity contribution < 1.29 is 0 Å². The van der Waals surface area contributed by atoms with Crippen LogP contribution in [0.5, 0.6) is 0 Å². The van der Waals surface area contributed by atoms with Crippen molar-refractivity contribution in [2.45, 2.75) is 156 Å². The van der Waals surface area contributed by atoms with Gasteiger partial charge in [-0.2, -0.15) is 0 Å². The van der Waals surface area contributed by atoms with E-state index in [4.69, 9.17) is 12.8 Å². The number of hydrogen-bond donors (Lipinski definition) is 0. The molecule has 0 radical (unpaired) electrons. The maximum absolute atomic E-state index is 5.12. The van der Waals surface area contributed by atoms with Crippen LogP contribution in [0.2, 0.25) is 0 Å². The number of hydrogen-bond acceptors (Lipinski definition) is 0. The molecule has 0 heteroatoms. The van der Waals surface area contributed by atoms with Gasteiger partial charge in [0.15, 0.2) is 0 Å². The van der Waals surface area contributed by atoms with Gasteiger partial charge in [0.1, 0.15) is 0 Å². The Morgan fingerprint density at radius 2 is 0.800 bits per heavy atom. The van der Waals surface area contributed by atoms with Gasteiger partial charge in [-0.3, -0.25) is 0 Å². The Morgan fingerprint density at radius 1 is 0.500 bits per heavy atom. The SMILES string of the molecule is C#CCCCCCCCC.C#CCCCCCCCC.C=CCCCCCCCC. The molecule has 0 aromatic heterocycles. The highest BCUT2D eigenvalue weighted by atomic mass is 13.9. The molecule has 0 aliphatic carbocycles. The van der Waals surface area contributed by atoms with Gasteiger partial charge in [0.05, 0.1) is 0 Å². The molecule has 0 aromatic rings. The smallest absolute Gasteiger partial charge is 0.00860 e. The molecule has 0 bridgehead atoms. The fourth-order valence-corrected chi connectivity index (χ4v) is 3.08. The molecule has 0 nitrogen and oxygen atoms in total. The van der Waals surface area contributed by atoms with Gasteiger partial charge in [0.2, 0.25) is 0 Å². The Kier molecular flexibility index (Phi) is 42.9. The van der Waals surface area contributed by atoms with Gasteiger partial charge in [-0.15, -0.1) is 31.3 Å². The molecule has 0 N–H and O–H groups in total. The van der Waals surface area contributed by atoms with E-state index in [0.29, 0.717) is 0 Å². The Morgan fingerprint density at radius 3 is 1.10 bits per heavy atom. The largest absolute Gasteiger partial charge is 0.120 e. The van der Waals surface area contributed by atoms with E-state index in [1.165, 1.54) is 122 Å². The number of terminal acetylenes is 2. The zero-order valence-corrected chi connectivity index (χ0v) is 21.3. The van der Waals surface area contributed by atoms with Crippen molar-refractivity contribution in [2.75, 3.05) is 0 Å². The minimum atomic E-state index is 0.964. The van der Waals surface area contributed by atoms with Crippen LogP contribution in [0.25, 0.3) is 0 Å². The molecule has 0 aromatic carbocycles. The van der Waals surface area contributed by atoms with Crippen LogP contribution in [0.4, 0.5) is 0 Å². The number of allylic oxidation sites excluding steroid dienone is 1. The third kappa shape index (κ3) is 45.5. The monoisotopic (exact) mass is 416 g/mol. The fraction of sp³-hybridized carbons (Fsp3) is 0.800. The molecule has 0 rings (SSSR count). The lowest BCUT2D eigenvalue weighted by Gasteiger charge is -1.96. The predicted molar refractivity (Wildman–Crippen MR) is 142 cm³/mol. The van der Waals surface area contributed by atoms with Crippen molar-refractivity contribution in [3.63, 3.8) is 0 Å².